The Labute approximate surface area is 77.8 Å². The third-order valence-electron chi connectivity index (χ3n) is 1.61. The Morgan fingerprint density at radius 2 is 1.92 bits per heavy atom. The van der Waals surface area contributed by atoms with Gasteiger partial charge in [-0.3, -0.25) is 5.41 Å². The van der Waals surface area contributed by atoms with Crippen molar-refractivity contribution in [1.29, 1.82) is 5.41 Å². The molecule has 13 heavy (non-hydrogen) atoms. The van der Waals surface area contributed by atoms with Gasteiger partial charge in [0.05, 0.1) is 7.11 Å². The summed E-state index contributed by atoms with van der Waals surface area (Å²) in [5.74, 6) is 1.06. The van der Waals surface area contributed by atoms with E-state index < -0.39 is 0 Å². The van der Waals surface area contributed by atoms with Gasteiger partial charge < -0.3 is 9.47 Å². The van der Waals surface area contributed by atoms with Gasteiger partial charge in [-0.2, -0.15) is 0 Å². The molecule has 0 radical (unpaired) electrons. The fraction of sp³-hybridized carbons (Fsp3) is 0.300. The van der Waals surface area contributed by atoms with E-state index in [9.17, 15) is 0 Å². The normalized spacial score (nSPS) is 9.38. The van der Waals surface area contributed by atoms with Crippen molar-refractivity contribution in [3.63, 3.8) is 0 Å². The van der Waals surface area contributed by atoms with E-state index in [2.05, 4.69) is 0 Å². The third-order valence-corrected chi connectivity index (χ3v) is 1.61. The van der Waals surface area contributed by atoms with Crippen LogP contribution in [0.5, 0.6) is 5.75 Å². The van der Waals surface area contributed by atoms with Crippen LogP contribution in [0.4, 0.5) is 0 Å². The molecule has 0 aliphatic heterocycles. The highest BCUT2D eigenvalue weighted by molar-refractivity contribution is 5.69. The Bertz CT molecular complexity index is 279. The quantitative estimate of drug-likeness (QED) is 0.571. The Hall–Kier alpha value is -1.51. The summed E-state index contributed by atoms with van der Waals surface area (Å²) in [6.07, 6.45) is 0. The van der Waals surface area contributed by atoms with Crippen molar-refractivity contribution in [3.05, 3.63) is 29.8 Å². The van der Waals surface area contributed by atoms with Gasteiger partial charge in [-0.25, -0.2) is 0 Å². The first-order valence-corrected chi connectivity index (χ1v) is 4.03. The van der Waals surface area contributed by atoms with Crippen LogP contribution in [0.2, 0.25) is 0 Å². The lowest BCUT2D eigenvalue weighted by atomic mass is 10.2. The van der Waals surface area contributed by atoms with Gasteiger partial charge in [-0.15, -0.1) is 0 Å². The Morgan fingerprint density at radius 1 is 1.31 bits per heavy atom. The van der Waals surface area contributed by atoms with Gasteiger partial charge in [0.2, 0.25) is 0 Å². The van der Waals surface area contributed by atoms with Crippen molar-refractivity contribution in [1.82, 2.24) is 0 Å². The average Bonchev–Trinajstić information content (AvgIpc) is 2.15. The maximum Gasteiger partial charge on any atom is 0.177 e. The highest BCUT2D eigenvalue weighted by Crippen LogP contribution is 2.11. The van der Waals surface area contributed by atoms with E-state index in [1.54, 1.807) is 14.0 Å². The number of benzene rings is 1. The van der Waals surface area contributed by atoms with Crippen LogP contribution in [0.1, 0.15) is 12.5 Å². The number of methoxy groups -OCH3 is 1. The molecule has 0 aliphatic carbocycles. The summed E-state index contributed by atoms with van der Waals surface area (Å²) >= 11 is 0. The van der Waals surface area contributed by atoms with Crippen LogP contribution in [-0.4, -0.2) is 13.0 Å². The average molecular weight is 179 g/mol. The number of hydrogen-bond donors (Lipinski definition) is 1. The predicted molar refractivity (Wildman–Crippen MR) is 51.2 cm³/mol. The molecule has 0 amide bonds. The lowest BCUT2D eigenvalue weighted by molar-refractivity contribution is 0.287. The smallest absolute Gasteiger partial charge is 0.177 e. The van der Waals surface area contributed by atoms with Gasteiger partial charge >= 0.3 is 0 Å². The predicted octanol–water partition coefficient (Wildman–Crippen LogP) is 2.21. The molecule has 0 bridgehead atoms. The molecule has 0 aromatic heterocycles. The van der Waals surface area contributed by atoms with Crippen LogP contribution in [0, 0.1) is 5.41 Å². The third kappa shape index (κ3) is 3.15. The first-order valence-electron chi connectivity index (χ1n) is 4.03. The summed E-state index contributed by atoms with van der Waals surface area (Å²) in [6, 6.07) is 7.58. The van der Waals surface area contributed by atoms with E-state index in [0.29, 0.717) is 6.61 Å². The molecule has 0 heterocycles. The van der Waals surface area contributed by atoms with Gasteiger partial charge in [0.25, 0.3) is 0 Å². The van der Waals surface area contributed by atoms with E-state index in [4.69, 9.17) is 14.9 Å². The highest BCUT2D eigenvalue weighted by Gasteiger charge is 1.94. The van der Waals surface area contributed by atoms with E-state index in [1.807, 2.05) is 24.3 Å². The van der Waals surface area contributed by atoms with Crippen LogP contribution >= 0.6 is 0 Å². The topological polar surface area (TPSA) is 42.3 Å². The van der Waals surface area contributed by atoms with Crippen LogP contribution in [-0.2, 0) is 11.3 Å². The molecule has 1 N–H and O–H groups in total. The van der Waals surface area contributed by atoms with Gasteiger partial charge in [0, 0.05) is 6.92 Å². The molecular weight excluding hydrogens is 166 g/mol. The molecule has 0 atom stereocenters. The summed E-state index contributed by atoms with van der Waals surface area (Å²) < 4.78 is 10.1. The van der Waals surface area contributed by atoms with E-state index in [0.717, 1.165) is 11.3 Å². The second-order valence-corrected chi connectivity index (χ2v) is 2.69. The number of ether oxygens (including phenoxy) is 2. The molecule has 0 spiro atoms. The molecule has 70 valence electrons. The van der Waals surface area contributed by atoms with E-state index in [1.165, 1.54) is 0 Å². The zero-order valence-corrected chi connectivity index (χ0v) is 7.83. The van der Waals surface area contributed by atoms with Gasteiger partial charge in [0.1, 0.15) is 12.4 Å². The van der Waals surface area contributed by atoms with Crippen LogP contribution in [0.15, 0.2) is 24.3 Å². The first-order chi connectivity index (χ1) is 6.22. The molecule has 0 aliphatic rings. The number of nitrogens with one attached hydrogen (secondary N) is 1. The lowest BCUT2D eigenvalue weighted by Crippen LogP contribution is -1.97. The van der Waals surface area contributed by atoms with Crippen molar-refractivity contribution in [2.24, 2.45) is 0 Å². The Morgan fingerprint density at radius 3 is 2.38 bits per heavy atom. The zero-order valence-electron chi connectivity index (χ0n) is 7.83. The molecular formula is C10H13NO2. The highest BCUT2D eigenvalue weighted by atomic mass is 16.5. The largest absolute Gasteiger partial charge is 0.497 e. The number of rotatable bonds is 3. The Balaban J connectivity index is 2.54. The second kappa shape index (κ2) is 4.50. The summed E-state index contributed by atoms with van der Waals surface area (Å²) in [5.41, 5.74) is 1.03. The molecule has 3 nitrogen and oxygen atoms in total. The summed E-state index contributed by atoms with van der Waals surface area (Å²) in [6.45, 7) is 2.06. The van der Waals surface area contributed by atoms with Crippen molar-refractivity contribution in [3.8, 4) is 5.75 Å². The van der Waals surface area contributed by atoms with Crippen LogP contribution in [0.3, 0.4) is 0 Å². The maximum absolute atomic E-state index is 7.08. The van der Waals surface area contributed by atoms with Gasteiger partial charge in [-0.05, 0) is 17.7 Å². The molecule has 1 aromatic rings. The monoisotopic (exact) mass is 179 g/mol. The fourth-order valence-electron chi connectivity index (χ4n) is 0.913. The maximum atomic E-state index is 7.08. The van der Waals surface area contributed by atoms with Gasteiger partial charge in [0.15, 0.2) is 5.90 Å². The van der Waals surface area contributed by atoms with Crippen molar-refractivity contribution in [2.75, 3.05) is 7.11 Å². The van der Waals surface area contributed by atoms with Crippen molar-refractivity contribution < 1.29 is 9.47 Å². The summed E-state index contributed by atoms with van der Waals surface area (Å²) in [5, 5.41) is 7.08. The minimum atomic E-state index is 0.232. The standard InChI is InChI=1S/C10H13NO2/c1-8(11)13-7-9-3-5-10(12-2)6-4-9/h3-6,11H,7H2,1-2H3. The zero-order chi connectivity index (χ0) is 9.68. The minimum absolute atomic E-state index is 0.232. The second-order valence-electron chi connectivity index (χ2n) is 2.69. The van der Waals surface area contributed by atoms with Gasteiger partial charge in [-0.1, -0.05) is 12.1 Å². The lowest BCUT2D eigenvalue weighted by Gasteiger charge is -2.04. The van der Waals surface area contributed by atoms with Crippen LogP contribution < -0.4 is 4.74 Å². The molecule has 1 rings (SSSR count). The van der Waals surface area contributed by atoms with Crippen LogP contribution in [0.25, 0.3) is 0 Å². The molecule has 0 fully saturated rings. The summed E-state index contributed by atoms with van der Waals surface area (Å²) in [4.78, 5) is 0. The molecule has 0 unspecified atom stereocenters. The molecule has 1 aromatic carbocycles. The molecule has 3 heteroatoms. The van der Waals surface area contributed by atoms with Crippen molar-refractivity contribution in [2.45, 2.75) is 13.5 Å². The Kier molecular flexibility index (Phi) is 3.31. The SMILES string of the molecule is COc1ccc(COC(C)=N)cc1. The first kappa shape index (κ1) is 9.58. The fourth-order valence-corrected chi connectivity index (χ4v) is 0.913. The summed E-state index contributed by atoms with van der Waals surface area (Å²) in [7, 11) is 1.63. The van der Waals surface area contributed by atoms with E-state index >= 15 is 0 Å². The molecule has 0 saturated carbocycles. The van der Waals surface area contributed by atoms with Crippen molar-refractivity contribution >= 4 is 5.90 Å². The number of hydrogen-bond acceptors (Lipinski definition) is 3. The minimum Gasteiger partial charge on any atom is -0.497 e. The molecule has 0 saturated heterocycles. The van der Waals surface area contributed by atoms with E-state index in [-0.39, 0.29) is 5.90 Å².